The van der Waals surface area contributed by atoms with Gasteiger partial charge in [0.05, 0.1) is 5.52 Å². The van der Waals surface area contributed by atoms with Gasteiger partial charge in [0, 0.05) is 16.6 Å². The zero-order valence-electron chi connectivity index (χ0n) is 10.3. The van der Waals surface area contributed by atoms with Crippen LogP contribution in [0.3, 0.4) is 0 Å². The third-order valence-corrected chi connectivity index (χ3v) is 3.27. The molecule has 1 aromatic carbocycles. The highest BCUT2D eigenvalue weighted by Gasteiger charge is 2.10. The van der Waals surface area contributed by atoms with Gasteiger partial charge in [-0.2, -0.15) is 0 Å². The first-order chi connectivity index (χ1) is 7.56. The van der Waals surface area contributed by atoms with Crippen molar-refractivity contribution in [3.8, 4) is 0 Å². The molecular weight excluding hydrogens is 198 g/mol. The molecule has 2 aromatic rings. The predicted molar refractivity (Wildman–Crippen MR) is 68.2 cm³/mol. The first-order valence-electron chi connectivity index (χ1n) is 5.68. The van der Waals surface area contributed by atoms with Crippen molar-refractivity contribution in [2.24, 2.45) is 0 Å². The van der Waals surface area contributed by atoms with E-state index >= 15 is 0 Å². The van der Waals surface area contributed by atoms with E-state index in [9.17, 15) is 4.79 Å². The minimum atomic E-state index is 0.173. The minimum Gasteiger partial charge on any atom is -0.358 e. The van der Waals surface area contributed by atoms with Crippen LogP contribution < -0.4 is 5.43 Å². The number of hydrogen-bond acceptors (Lipinski definition) is 1. The molecule has 0 fully saturated rings. The molecule has 2 rings (SSSR count). The Morgan fingerprint density at radius 2 is 1.75 bits per heavy atom. The number of benzene rings is 1. The van der Waals surface area contributed by atoms with E-state index in [2.05, 4.69) is 18.0 Å². The average Bonchev–Trinajstić information content (AvgIpc) is 2.27. The summed E-state index contributed by atoms with van der Waals surface area (Å²) in [5.74, 6) is 0. The number of aromatic amines is 1. The van der Waals surface area contributed by atoms with E-state index in [4.69, 9.17) is 0 Å². The van der Waals surface area contributed by atoms with Crippen LogP contribution in [0.25, 0.3) is 10.9 Å². The zero-order valence-corrected chi connectivity index (χ0v) is 10.3. The van der Waals surface area contributed by atoms with Crippen molar-refractivity contribution in [1.82, 2.24) is 4.98 Å². The van der Waals surface area contributed by atoms with Crippen LogP contribution >= 0.6 is 0 Å². The number of hydrogen-bond donors (Lipinski definition) is 1. The quantitative estimate of drug-likeness (QED) is 0.779. The van der Waals surface area contributed by atoms with Gasteiger partial charge in [0.25, 0.3) is 0 Å². The van der Waals surface area contributed by atoms with Crippen LogP contribution in [-0.4, -0.2) is 4.98 Å². The Bertz CT molecular complexity index is 608. The second-order valence-electron chi connectivity index (χ2n) is 4.36. The molecular formula is C14H17NO. The van der Waals surface area contributed by atoms with Gasteiger partial charge in [0.1, 0.15) is 0 Å². The maximum Gasteiger partial charge on any atom is 0.192 e. The van der Waals surface area contributed by atoms with Crippen LogP contribution in [0.1, 0.15) is 29.3 Å². The van der Waals surface area contributed by atoms with Gasteiger partial charge < -0.3 is 4.98 Å². The summed E-state index contributed by atoms with van der Waals surface area (Å²) in [4.78, 5) is 15.7. The first-order valence-corrected chi connectivity index (χ1v) is 5.68. The van der Waals surface area contributed by atoms with Gasteiger partial charge in [-0.3, -0.25) is 4.79 Å². The van der Waals surface area contributed by atoms with E-state index in [1.807, 2.05) is 26.8 Å². The second-order valence-corrected chi connectivity index (χ2v) is 4.36. The van der Waals surface area contributed by atoms with Crippen LogP contribution in [0, 0.1) is 20.8 Å². The third-order valence-electron chi connectivity index (χ3n) is 3.27. The Morgan fingerprint density at radius 1 is 1.12 bits per heavy atom. The van der Waals surface area contributed by atoms with Crippen molar-refractivity contribution in [3.05, 3.63) is 44.7 Å². The van der Waals surface area contributed by atoms with Crippen molar-refractivity contribution in [3.63, 3.8) is 0 Å². The molecule has 0 aliphatic rings. The predicted octanol–water partition coefficient (Wildman–Crippen LogP) is 3.02. The molecule has 0 saturated heterocycles. The lowest BCUT2D eigenvalue weighted by atomic mass is 10.0. The average molecular weight is 215 g/mol. The molecule has 0 radical (unpaired) electrons. The molecule has 0 saturated carbocycles. The van der Waals surface area contributed by atoms with E-state index in [-0.39, 0.29) is 5.43 Å². The number of aryl methyl sites for hydroxylation is 3. The highest BCUT2D eigenvalue weighted by Crippen LogP contribution is 2.19. The first kappa shape index (κ1) is 10.9. The van der Waals surface area contributed by atoms with Crippen LogP contribution in [0.5, 0.6) is 0 Å². The van der Waals surface area contributed by atoms with Gasteiger partial charge in [-0.25, -0.2) is 0 Å². The SMILES string of the molecule is CCc1[nH]c2c(C)ccc(C)c2c(=O)c1C. The van der Waals surface area contributed by atoms with E-state index in [0.29, 0.717) is 0 Å². The van der Waals surface area contributed by atoms with E-state index in [0.717, 1.165) is 39.7 Å². The third kappa shape index (κ3) is 1.45. The Morgan fingerprint density at radius 3 is 2.38 bits per heavy atom. The summed E-state index contributed by atoms with van der Waals surface area (Å²) in [6.07, 6.45) is 0.865. The van der Waals surface area contributed by atoms with E-state index in [1.54, 1.807) is 0 Å². The molecule has 2 heteroatoms. The van der Waals surface area contributed by atoms with Gasteiger partial charge in [-0.15, -0.1) is 0 Å². The summed E-state index contributed by atoms with van der Waals surface area (Å²) >= 11 is 0. The maximum absolute atomic E-state index is 12.3. The molecule has 0 amide bonds. The Balaban J connectivity index is 3.04. The largest absolute Gasteiger partial charge is 0.358 e. The van der Waals surface area contributed by atoms with Gasteiger partial charge in [0.2, 0.25) is 0 Å². The number of fused-ring (bicyclic) bond motifs is 1. The molecule has 1 heterocycles. The molecule has 0 unspecified atom stereocenters. The molecule has 0 bridgehead atoms. The minimum absolute atomic E-state index is 0.173. The fourth-order valence-corrected chi connectivity index (χ4v) is 2.19. The summed E-state index contributed by atoms with van der Waals surface area (Å²) < 4.78 is 0. The number of aromatic nitrogens is 1. The Hall–Kier alpha value is -1.57. The zero-order chi connectivity index (χ0) is 11.9. The molecule has 1 N–H and O–H groups in total. The van der Waals surface area contributed by atoms with Gasteiger partial charge in [0.15, 0.2) is 5.43 Å². The Kier molecular flexibility index (Phi) is 2.58. The molecule has 84 valence electrons. The van der Waals surface area contributed by atoms with Gasteiger partial charge in [-0.1, -0.05) is 19.1 Å². The molecule has 0 spiro atoms. The molecule has 0 aliphatic carbocycles. The molecule has 1 aromatic heterocycles. The van der Waals surface area contributed by atoms with Crippen molar-refractivity contribution >= 4 is 10.9 Å². The summed E-state index contributed by atoms with van der Waals surface area (Å²) in [7, 11) is 0. The summed E-state index contributed by atoms with van der Waals surface area (Å²) in [5, 5.41) is 0.842. The second kappa shape index (κ2) is 3.78. The fraction of sp³-hybridized carbons (Fsp3) is 0.357. The highest BCUT2D eigenvalue weighted by atomic mass is 16.1. The van der Waals surface area contributed by atoms with Gasteiger partial charge in [-0.05, 0) is 38.3 Å². The fourth-order valence-electron chi connectivity index (χ4n) is 2.19. The van der Waals surface area contributed by atoms with E-state index in [1.165, 1.54) is 0 Å². The van der Waals surface area contributed by atoms with Crippen LogP contribution in [0.4, 0.5) is 0 Å². The molecule has 0 atom stereocenters. The lowest BCUT2D eigenvalue weighted by Gasteiger charge is -2.10. The lowest BCUT2D eigenvalue weighted by Crippen LogP contribution is -2.13. The standard InChI is InChI=1S/C14H17NO/c1-5-11-10(4)14(16)12-8(2)6-7-9(3)13(12)15-11/h6-7H,5H2,1-4H3,(H,15,16). The number of rotatable bonds is 1. The van der Waals surface area contributed by atoms with Crippen LogP contribution in [0.2, 0.25) is 0 Å². The highest BCUT2D eigenvalue weighted by molar-refractivity contribution is 5.85. The monoisotopic (exact) mass is 215 g/mol. The number of H-pyrrole nitrogens is 1. The van der Waals surface area contributed by atoms with Crippen molar-refractivity contribution < 1.29 is 0 Å². The van der Waals surface area contributed by atoms with E-state index < -0.39 is 0 Å². The summed E-state index contributed by atoms with van der Waals surface area (Å²) in [6.45, 7) is 7.99. The number of pyridine rings is 1. The topological polar surface area (TPSA) is 32.9 Å². The Labute approximate surface area is 95.3 Å². The lowest BCUT2D eigenvalue weighted by molar-refractivity contribution is 1.02. The maximum atomic E-state index is 12.3. The van der Waals surface area contributed by atoms with Crippen molar-refractivity contribution in [2.75, 3.05) is 0 Å². The molecule has 2 nitrogen and oxygen atoms in total. The van der Waals surface area contributed by atoms with Crippen LogP contribution in [0.15, 0.2) is 16.9 Å². The molecule has 16 heavy (non-hydrogen) atoms. The van der Waals surface area contributed by atoms with Crippen molar-refractivity contribution in [2.45, 2.75) is 34.1 Å². The van der Waals surface area contributed by atoms with Crippen molar-refractivity contribution in [1.29, 1.82) is 0 Å². The van der Waals surface area contributed by atoms with Gasteiger partial charge >= 0.3 is 0 Å². The summed E-state index contributed by atoms with van der Waals surface area (Å²) in [6, 6.07) is 4.07. The summed E-state index contributed by atoms with van der Waals surface area (Å²) in [5.41, 5.74) is 5.24. The normalized spacial score (nSPS) is 11.0. The smallest absolute Gasteiger partial charge is 0.192 e. The van der Waals surface area contributed by atoms with Crippen LogP contribution in [-0.2, 0) is 6.42 Å². The number of nitrogens with one attached hydrogen (secondary N) is 1. The molecule has 0 aliphatic heterocycles.